The van der Waals surface area contributed by atoms with E-state index >= 15 is 0 Å². The third-order valence-corrected chi connectivity index (χ3v) is 4.74. The Morgan fingerprint density at radius 1 is 1.50 bits per heavy atom. The Kier molecular flexibility index (Phi) is 3.68. The predicted molar refractivity (Wildman–Crippen MR) is 63.1 cm³/mol. The lowest BCUT2D eigenvalue weighted by Crippen LogP contribution is -2.07. The summed E-state index contributed by atoms with van der Waals surface area (Å²) in [6, 6.07) is 2.11. The van der Waals surface area contributed by atoms with Crippen molar-refractivity contribution in [2.45, 2.75) is 31.3 Å². The van der Waals surface area contributed by atoms with E-state index in [1.807, 2.05) is 23.1 Å². The molecule has 0 aromatic carbocycles. The Labute approximate surface area is 90.9 Å². The standard InChI is InChI=1S/C9H13BrS2/c1-9(2,3)12-6-8-7(10)4-5-11-8/h4-5H,6H2,1-3H3. The van der Waals surface area contributed by atoms with Crippen LogP contribution in [0.5, 0.6) is 0 Å². The molecule has 0 spiro atoms. The van der Waals surface area contributed by atoms with Crippen molar-refractivity contribution in [3.05, 3.63) is 20.8 Å². The molecular weight excluding hydrogens is 252 g/mol. The van der Waals surface area contributed by atoms with Gasteiger partial charge in [0.2, 0.25) is 0 Å². The van der Waals surface area contributed by atoms with Crippen molar-refractivity contribution in [2.75, 3.05) is 0 Å². The van der Waals surface area contributed by atoms with E-state index in [-0.39, 0.29) is 0 Å². The molecule has 0 aliphatic rings. The van der Waals surface area contributed by atoms with Crippen LogP contribution in [0.2, 0.25) is 0 Å². The minimum absolute atomic E-state index is 0.365. The van der Waals surface area contributed by atoms with Gasteiger partial charge in [-0.15, -0.1) is 11.3 Å². The summed E-state index contributed by atoms with van der Waals surface area (Å²) in [4.78, 5) is 1.44. The van der Waals surface area contributed by atoms with Gasteiger partial charge in [-0.3, -0.25) is 0 Å². The highest BCUT2D eigenvalue weighted by Gasteiger charge is 2.11. The van der Waals surface area contributed by atoms with E-state index < -0.39 is 0 Å². The number of thiophene rings is 1. The SMILES string of the molecule is CC(C)(C)SCc1sccc1Br. The van der Waals surface area contributed by atoms with E-state index in [9.17, 15) is 0 Å². The lowest BCUT2D eigenvalue weighted by Gasteiger charge is -2.16. The highest BCUT2D eigenvalue weighted by Crippen LogP contribution is 2.32. The third-order valence-electron chi connectivity index (χ3n) is 1.33. The van der Waals surface area contributed by atoms with Gasteiger partial charge in [-0.2, -0.15) is 11.8 Å². The van der Waals surface area contributed by atoms with Crippen LogP contribution < -0.4 is 0 Å². The van der Waals surface area contributed by atoms with E-state index in [0.29, 0.717) is 4.75 Å². The minimum atomic E-state index is 0.365. The molecule has 0 saturated heterocycles. The van der Waals surface area contributed by atoms with Gasteiger partial charge in [0, 0.05) is 19.8 Å². The molecule has 1 aromatic heterocycles. The maximum Gasteiger partial charge on any atom is 0.0322 e. The summed E-state index contributed by atoms with van der Waals surface area (Å²) in [7, 11) is 0. The van der Waals surface area contributed by atoms with Crippen LogP contribution in [-0.4, -0.2) is 4.75 Å². The average molecular weight is 265 g/mol. The first-order chi connectivity index (χ1) is 5.49. The van der Waals surface area contributed by atoms with Gasteiger partial charge in [0.05, 0.1) is 0 Å². The van der Waals surface area contributed by atoms with Gasteiger partial charge in [0.25, 0.3) is 0 Å². The van der Waals surface area contributed by atoms with Crippen LogP contribution in [0.4, 0.5) is 0 Å². The second kappa shape index (κ2) is 4.16. The van der Waals surface area contributed by atoms with E-state index in [2.05, 4.69) is 48.1 Å². The van der Waals surface area contributed by atoms with Crippen molar-refractivity contribution in [1.82, 2.24) is 0 Å². The molecule has 0 bridgehead atoms. The van der Waals surface area contributed by atoms with E-state index in [4.69, 9.17) is 0 Å². The number of halogens is 1. The maximum atomic E-state index is 3.53. The largest absolute Gasteiger partial charge is 0.150 e. The van der Waals surface area contributed by atoms with Crippen molar-refractivity contribution in [3.63, 3.8) is 0 Å². The van der Waals surface area contributed by atoms with E-state index in [1.54, 1.807) is 0 Å². The number of hydrogen-bond acceptors (Lipinski definition) is 2. The monoisotopic (exact) mass is 264 g/mol. The Morgan fingerprint density at radius 2 is 2.17 bits per heavy atom. The molecule has 0 atom stereocenters. The predicted octanol–water partition coefficient (Wildman–Crippen LogP) is 4.54. The van der Waals surface area contributed by atoms with Gasteiger partial charge in [0.1, 0.15) is 0 Å². The molecule has 0 fully saturated rings. The molecule has 0 saturated carbocycles. The zero-order chi connectivity index (χ0) is 9.19. The number of rotatable bonds is 2. The fourth-order valence-corrected chi connectivity index (χ4v) is 3.34. The average Bonchev–Trinajstić information content (AvgIpc) is 2.29. The summed E-state index contributed by atoms with van der Waals surface area (Å²) in [6.07, 6.45) is 0. The number of thioether (sulfide) groups is 1. The molecule has 68 valence electrons. The Bertz CT molecular complexity index is 247. The molecule has 0 radical (unpaired) electrons. The van der Waals surface area contributed by atoms with Crippen molar-refractivity contribution < 1.29 is 0 Å². The normalized spacial score (nSPS) is 12.0. The van der Waals surface area contributed by atoms with Crippen LogP contribution >= 0.6 is 39.0 Å². The Hall–Kier alpha value is 0.530. The summed E-state index contributed by atoms with van der Waals surface area (Å²) in [5.41, 5.74) is 0. The summed E-state index contributed by atoms with van der Waals surface area (Å²) in [5, 5.41) is 2.13. The van der Waals surface area contributed by atoms with Crippen LogP contribution in [-0.2, 0) is 5.75 Å². The third kappa shape index (κ3) is 3.50. The summed E-state index contributed by atoms with van der Waals surface area (Å²) in [5.74, 6) is 1.11. The molecule has 0 amide bonds. The van der Waals surface area contributed by atoms with Crippen LogP contribution in [0.3, 0.4) is 0 Å². The zero-order valence-electron chi connectivity index (χ0n) is 7.56. The minimum Gasteiger partial charge on any atom is -0.150 e. The Morgan fingerprint density at radius 3 is 2.58 bits per heavy atom. The maximum absolute atomic E-state index is 3.53. The van der Waals surface area contributed by atoms with Crippen molar-refractivity contribution in [3.8, 4) is 0 Å². The first-order valence-corrected chi connectivity index (χ1v) is 6.51. The van der Waals surface area contributed by atoms with Crippen LogP contribution in [0.25, 0.3) is 0 Å². The molecule has 12 heavy (non-hydrogen) atoms. The van der Waals surface area contributed by atoms with Crippen molar-refractivity contribution in [1.29, 1.82) is 0 Å². The quantitative estimate of drug-likeness (QED) is 0.756. The summed E-state index contributed by atoms with van der Waals surface area (Å²) < 4.78 is 1.62. The van der Waals surface area contributed by atoms with Gasteiger partial charge >= 0.3 is 0 Å². The van der Waals surface area contributed by atoms with E-state index in [1.165, 1.54) is 9.35 Å². The molecule has 0 aliphatic carbocycles. The molecule has 1 rings (SSSR count). The molecule has 3 heteroatoms. The van der Waals surface area contributed by atoms with Crippen LogP contribution in [0.15, 0.2) is 15.9 Å². The zero-order valence-corrected chi connectivity index (χ0v) is 10.8. The topological polar surface area (TPSA) is 0 Å². The van der Waals surface area contributed by atoms with E-state index in [0.717, 1.165) is 5.75 Å². The molecule has 0 unspecified atom stereocenters. The second-order valence-electron chi connectivity index (χ2n) is 3.59. The molecule has 0 N–H and O–H groups in total. The lowest BCUT2D eigenvalue weighted by molar-refractivity contribution is 0.802. The molecule has 0 aliphatic heterocycles. The highest BCUT2D eigenvalue weighted by atomic mass is 79.9. The molecule has 1 heterocycles. The molecular formula is C9H13BrS2. The summed E-state index contributed by atoms with van der Waals surface area (Å²) >= 11 is 7.34. The summed E-state index contributed by atoms with van der Waals surface area (Å²) in [6.45, 7) is 6.75. The van der Waals surface area contributed by atoms with Gasteiger partial charge in [-0.05, 0) is 27.4 Å². The van der Waals surface area contributed by atoms with Crippen LogP contribution in [0.1, 0.15) is 25.6 Å². The molecule has 0 nitrogen and oxygen atoms in total. The highest BCUT2D eigenvalue weighted by molar-refractivity contribution is 9.10. The first kappa shape index (κ1) is 10.6. The fraction of sp³-hybridized carbons (Fsp3) is 0.556. The fourth-order valence-electron chi connectivity index (χ4n) is 0.710. The second-order valence-corrected chi connectivity index (χ2v) is 7.25. The van der Waals surface area contributed by atoms with Gasteiger partial charge in [-0.1, -0.05) is 20.8 Å². The van der Waals surface area contributed by atoms with Gasteiger partial charge in [0.15, 0.2) is 0 Å². The van der Waals surface area contributed by atoms with Gasteiger partial charge < -0.3 is 0 Å². The Balaban J connectivity index is 2.49. The lowest BCUT2D eigenvalue weighted by atomic mass is 10.3. The van der Waals surface area contributed by atoms with Crippen molar-refractivity contribution >= 4 is 39.0 Å². The van der Waals surface area contributed by atoms with Crippen molar-refractivity contribution in [2.24, 2.45) is 0 Å². The van der Waals surface area contributed by atoms with Crippen LogP contribution in [0, 0.1) is 0 Å². The molecule has 1 aromatic rings. The van der Waals surface area contributed by atoms with Gasteiger partial charge in [-0.25, -0.2) is 0 Å². The first-order valence-electron chi connectivity index (χ1n) is 3.85. The smallest absolute Gasteiger partial charge is 0.0322 e. The number of hydrogen-bond donors (Lipinski definition) is 0.